The van der Waals surface area contributed by atoms with Gasteiger partial charge >= 0.3 is 11.9 Å². The monoisotopic (exact) mass is 465 g/mol. The normalized spacial score (nSPS) is 10.2. The number of halogens is 1. The molecule has 3 rings (SSSR count). The van der Waals surface area contributed by atoms with E-state index in [2.05, 4.69) is 5.32 Å². The summed E-state index contributed by atoms with van der Waals surface area (Å²) in [6.45, 7) is 1.25. The van der Waals surface area contributed by atoms with Gasteiger partial charge in [0.2, 0.25) is 0 Å². The highest BCUT2D eigenvalue weighted by Crippen LogP contribution is 2.19. The van der Waals surface area contributed by atoms with Crippen molar-refractivity contribution >= 4 is 40.9 Å². The highest BCUT2D eigenvalue weighted by Gasteiger charge is 2.20. The van der Waals surface area contributed by atoms with Crippen LogP contribution in [0.1, 0.15) is 43.6 Å². The number of esters is 2. The third-order valence-corrected chi connectivity index (χ3v) is 4.78. The van der Waals surface area contributed by atoms with E-state index in [-0.39, 0.29) is 34.8 Å². The Balaban J connectivity index is 1.69. The third-order valence-electron chi connectivity index (χ3n) is 4.53. The molecule has 8 heteroatoms. The summed E-state index contributed by atoms with van der Waals surface area (Å²) in [4.78, 5) is 49.8. The minimum Gasteiger partial charge on any atom is -0.462 e. The zero-order valence-corrected chi connectivity index (χ0v) is 18.4. The van der Waals surface area contributed by atoms with Crippen LogP contribution < -0.4 is 5.32 Å². The van der Waals surface area contributed by atoms with Crippen molar-refractivity contribution in [3.05, 3.63) is 100 Å². The number of carbonyl (C=O) groups is 4. The third kappa shape index (κ3) is 6.05. The molecule has 0 aliphatic heterocycles. The van der Waals surface area contributed by atoms with Gasteiger partial charge in [-0.05, 0) is 49.4 Å². The largest absolute Gasteiger partial charge is 0.462 e. The number of hydrogen-bond acceptors (Lipinski definition) is 6. The van der Waals surface area contributed by atoms with Crippen LogP contribution >= 0.6 is 11.6 Å². The van der Waals surface area contributed by atoms with Crippen molar-refractivity contribution in [3.8, 4) is 0 Å². The molecule has 0 aliphatic rings. The lowest BCUT2D eigenvalue weighted by molar-refractivity contribution is -0.119. The lowest BCUT2D eigenvalue weighted by atomic mass is 9.98. The van der Waals surface area contributed by atoms with Gasteiger partial charge in [-0.2, -0.15) is 0 Å². The van der Waals surface area contributed by atoms with E-state index in [1.165, 1.54) is 24.3 Å². The van der Waals surface area contributed by atoms with Crippen LogP contribution in [0.3, 0.4) is 0 Å². The minimum atomic E-state index is -0.832. The number of rotatable bonds is 8. The van der Waals surface area contributed by atoms with Crippen LogP contribution in [0.5, 0.6) is 0 Å². The molecule has 33 heavy (non-hydrogen) atoms. The van der Waals surface area contributed by atoms with Crippen LogP contribution in [-0.4, -0.2) is 36.8 Å². The van der Waals surface area contributed by atoms with Gasteiger partial charge in [0, 0.05) is 16.1 Å². The Kier molecular flexibility index (Phi) is 7.94. The summed E-state index contributed by atoms with van der Waals surface area (Å²) in [5.41, 5.74) is 0.927. The summed E-state index contributed by atoms with van der Waals surface area (Å²) in [6, 6.07) is 18.8. The first-order valence-corrected chi connectivity index (χ1v) is 10.4. The van der Waals surface area contributed by atoms with Gasteiger partial charge in [0.1, 0.15) is 0 Å². The first-order valence-electron chi connectivity index (χ1n) is 10.0. The predicted octanol–water partition coefficient (Wildman–Crippen LogP) is 4.54. The van der Waals surface area contributed by atoms with Crippen LogP contribution in [0.15, 0.2) is 72.8 Å². The lowest BCUT2D eigenvalue weighted by Crippen LogP contribution is -2.23. The molecule has 0 saturated carbocycles. The first kappa shape index (κ1) is 23.7. The number of para-hydroxylation sites is 1. The molecular weight excluding hydrogens is 446 g/mol. The zero-order valence-electron chi connectivity index (χ0n) is 17.7. The Morgan fingerprint density at radius 3 is 2.00 bits per heavy atom. The van der Waals surface area contributed by atoms with Gasteiger partial charge in [0.15, 0.2) is 12.4 Å². The SMILES string of the molecule is CCOC(=O)c1ccccc1NC(=O)COC(=O)c1ccccc1C(=O)c1ccc(Cl)cc1. The summed E-state index contributed by atoms with van der Waals surface area (Å²) in [7, 11) is 0. The van der Waals surface area contributed by atoms with Crippen molar-refractivity contribution in [2.75, 3.05) is 18.5 Å². The molecule has 1 amide bonds. The summed E-state index contributed by atoms with van der Waals surface area (Å²) in [5, 5.41) is 3.01. The Bertz CT molecular complexity index is 1190. The summed E-state index contributed by atoms with van der Waals surface area (Å²) < 4.78 is 10.1. The summed E-state index contributed by atoms with van der Waals surface area (Å²) in [6.07, 6.45) is 0. The fraction of sp³-hybridized carbons (Fsp3) is 0.120. The zero-order chi connectivity index (χ0) is 23.8. The van der Waals surface area contributed by atoms with Gasteiger partial charge in [0.05, 0.1) is 23.4 Å². The quantitative estimate of drug-likeness (QED) is 0.387. The molecule has 0 fully saturated rings. The van der Waals surface area contributed by atoms with Crippen molar-refractivity contribution in [1.82, 2.24) is 0 Å². The first-order chi connectivity index (χ1) is 15.9. The molecule has 0 saturated heterocycles. The average Bonchev–Trinajstić information content (AvgIpc) is 2.83. The van der Waals surface area contributed by atoms with Crippen molar-refractivity contribution in [2.45, 2.75) is 6.92 Å². The molecule has 3 aromatic rings. The van der Waals surface area contributed by atoms with E-state index in [1.807, 2.05) is 0 Å². The van der Waals surface area contributed by atoms with Crippen molar-refractivity contribution in [3.63, 3.8) is 0 Å². The van der Waals surface area contributed by atoms with E-state index in [9.17, 15) is 19.2 Å². The number of nitrogens with one attached hydrogen (secondary N) is 1. The number of ketones is 1. The van der Waals surface area contributed by atoms with E-state index in [4.69, 9.17) is 21.1 Å². The van der Waals surface area contributed by atoms with Gasteiger partial charge in [-0.3, -0.25) is 9.59 Å². The highest BCUT2D eigenvalue weighted by molar-refractivity contribution is 6.30. The topological polar surface area (TPSA) is 98.8 Å². The number of carbonyl (C=O) groups excluding carboxylic acids is 4. The summed E-state index contributed by atoms with van der Waals surface area (Å²) >= 11 is 5.87. The standard InChI is InChI=1S/C25H20ClNO6/c1-2-32-25(31)20-9-5-6-10-21(20)27-22(28)15-33-24(30)19-8-4-3-7-18(19)23(29)16-11-13-17(26)14-12-16/h3-14H,2,15H2,1H3,(H,27,28). The Hall–Kier alpha value is -3.97. The molecule has 7 nitrogen and oxygen atoms in total. The molecule has 0 atom stereocenters. The Morgan fingerprint density at radius 2 is 1.33 bits per heavy atom. The van der Waals surface area contributed by atoms with Crippen LogP contribution in [0.2, 0.25) is 5.02 Å². The number of ether oxygens (including phenoxy) is 2. The molecule has 0 bridgehead atoms. The second kappa shape index (κ2) is 11.1. The predicted molar refractivity (Wildman–Crippen MR) is 123 cm³/mol. The Morgan fingerprint density at radius 1 is 0.758 bits per heavy atom. The van der Waals surface area contributed by atoms with Gasteiger partial charge in [-0.1, -0.05) is 41.9 Å². The van der Waals surface area contributed by atoms with Gasteiger partial charge < -0.3 is 14.8 Å². The number of amides is 1. The molecule has 0 aromatic heterocycles. The molecular formula is C25H20ClNO6. The molecule has 0 heterocycles. The maximum Gasteiger partial charge on any atom is 0.340 e. The van der Waals surface area contributed by atoms with Gasteiger partial charge in [0.25, 0.3) is 5.91 Å². The van der Waals surface area contributed by atoms with Crippen LogP contribution in [0.4, 0.5) is 5.69 Å². The second-order valence-electron chi connectivity index (χ2n) is 6.77. The Labute approximate surface area is 195 Å². The van der Waals surface area contributed by atoms with Gasteiger partial charge in [-0.15, -0.1) is 0 Å². The molecule has 168 valence electrons. The maximum atomic E-state index is 12.8. The van der Waals surface area contributed by atoms with E-state index >= 15 is 0 Å². The van der Waals surface area contributed by atoms with E-state index in [0.29, 0.717) is 10.6 Å². The van der Waals surface area contributed by atoms with E-state index in [1.54, 1.807) is 55.5 Å². The van der Waals surface area contributed by atoms with Crippen LogP contribution in [-0.2, 0) is 14.3 Å². The average molecular weight is 466 g/mol. The van der Waals surface area contributed by atoms with E-state index in [0.717, 1.165) is 0 Å². The number of anilines is 1. The fourth-order valence-corrected chi connectivity index (χ4v) is 3.12. The smallest absolute Gasteiger partial charge is 0.340 e. The molecule has 0 spiro atoms. The lowest BCUT2D eigenvalue weighted by Gasteiger charge is -2.11. The fourth-order valence-electron chi connectivity index (χ4n) is 2.99. The summed E-state index contributed by atoms with van der Waals surface area (Å²) in [5.74, 6) is -2.45. The van der Waals surface area contributed by atoms with Crippen LogP contribution in [0, 0.1) is 0 Å². The van der Waals surface area contributed by atoms with Crippen LogP contribution in [0.25, 0.3) is 0 Å². The number of hydrogen-bond donors (Lipinski definition) is 1. The van der Waals surface area contributed by atoms with Crippen molar-refractivity contribution in [2.24, 2.45) is 0 Å². The molecule has 1 N–H and O–H groups in total. The minimum absolute atomic E-state index is 0.0252. The van der Waals surface area contributed by atoms with E-state index < -0.39 is 24.5 Å². The van der Waals surface area contributed by atoms with Crippen molar-refractivity contribution < 1.29 is 28.7 Å². The molecule has 0 aliphatic carbocycles. The highest BCUT2D eigenvalue weighted by atomic mass is 35.5. The molecule has 3 aromatic carbocycles. The number of benzene rings is 3. The molecule has 0 radical (unpaired) electrons. The maximum absolute atomic E-state index is 12.8. The second-order valence-corrected chi connectivity index (χ2v) is 7.21. The van der Waals surface area contributed by atoms with Gasteiger partial charge in [-0.25, -0.2) is 9.59 Å². The van der Waals surface area contributed by atoms with Crippen molar-refractivity contribution in [1.29, 1.82) is 0 Å². The molecule has 0 unspecified atom stereocenters.